The van der Waals surface area contributed by atoms with Crippen molar-refractivity contribution in [2.45, 2.75) is 19.4 Å². The molecule has 3 atom stereocenters. The van der Waals surface area contributed by atoms with Gasteiger partial charge in [-0.05, 0) is 19.3 Å². The quantitative estimate of drug-likeness (QED) is 0.497. The molecule has 2 heterocycles. The van der Waals surface area contributed by atoms with Crippen molar-refractivity contribution in [3.05, 3.63) is 12.2 Å². The summed E-state index contributed by atoms with van der Waals surface area (Å²) >= 11 is 0. The van der Waals surface area contributed by atoms with Crippen molar-refractivity contribution >= 4 is 0 Å². The van der Waals surface area contributed by atoms with E-state index in [9.17, 15) is 0 Å². The zero-order valence-corrected chi connectivity index (χ0v) is 6.38. The largest absolute Gasteiger partial charge is 0.255 e. The van der Waals surface area contributed by atoms with Gasteiger partial charge in [0, 0.05) is 19.1 Å². The zero-order valence-electron chi connectivity index (χ0n) is 6.38. The highest BCUT2D eigenvalue weighted by atomic mass is 15.5. The predicted octanol–water partition coefficient (Wildman–Crippen LogP) is 0.771. The van der Waals surface area contributed by atoms with Crippen LogP contribution in [0.1, 0.15) is 13.3 Å². The molecule has 2 bridgehead atoms. The van der Waals surface area contributed by atoms with Gasteiger partial charge in [-0.1, -0.05) is 12.2 Å². The van der Waals surface area contributed by atoms with Gasteiger partial charge in [-0.2, -0.15) is 0 Å². The molecule has 0 aliphatic carbocycles. The Balaban J connectivity index is 2.17. The lowest BCUT2D eigenvalue weighted by Gasteiger charge is -2.40. The first-order valence-corrected chi connectivity index (χ1v) is 4.05. The number of nitrogens with zero attached hydrogens (tertiary/aromatic N) is 1. The van der Waals surface area contributed by atoms with Gasteiger partial charge in [-0.25, -0.2) is 5.01 Å². The molecule has 0 saturated carbocycles. The second kappa shape index (κ2) is 2.36. The molecule has 10 heavy (non-hydrogen) atoms. The van der Waals surface area contributed by atoms with Gasteiger partial charge in [0.25, 0.3) is 0 Å². The topological polar surface area (TPSA) is 15.3 Å². The predicted molar refractivity (Wildman–Crippen MR) is 41.4 cm³/mol. The molecule has 0 aromatic rings. The maximum atomic E-state index is 3.38. The molecule has 1 fully saturated rings. The van der Waals surface area contributed by atoms with Crippen molar-refractivity contribution in [3.63, 3.8) is 0 Å². The third-order valence-corrected chi connectivity index (χ3v) is 2.59. The summed E-state index contributed by atoms with van der Waals surface area (Å²) in [6.45, 7) is 4.53. The number of nitrogens with one attached hydrogen (secondary N) is 1. The van der Waals surface area contributed by atoms with Crippen molar-refractivity contribution in [3.8, 4) is 0 Å². The van der Waals surface area contributed by atoms with Crippen LogP contribution in [0.15, 0.2) is 12.2 Å². The van der Waals surface area contributed by atoms with Crippen LogP contribution in [0.25, 0.3) is 0 Å². The third-order valence-electron chi connectivity index (χ3n) is 2.59. The van der Waals surface area contributed by atoms with Crippen molar-refractivity contribution < 1.29 is 0 Å². The van der Waals surface area contributed by atoms with Crippen LogP contribution in [0.5, 0.6) is 0 Å². The Kier molecular flexibility index (Phi) is 1.51. The molecule has 2 heteroatoms. The smallest absolute Gasteiger partial charge is 0.0315 e. The Morgan fingerprint density at radius 3 is 3.20 bits per heavy atom. The fraction of sp³-hybridized carbons (Fsp3) is 0.750. The first kappa shape index (κ1) is 6.38. The van der Waals surface area contributed by atoms with E-state index in [0.717, 1.165) is 19.0 Å². The highest BCUT2D eigenvalue weighted by Gasteiger charge is 2.27. The summed E-state index contributed by atoms with van der Waals surface area (Å²) in [5, 5.41) is 2.33. The fourth-order valence-corrected chi connectivity index (χ4v) is 1.83. The van der Waals surface area contributed by atoms with Crippen LogP contribution in [0.3, 0.4) is 0 Å². The van der Waals surface area contributed by atoms with Crippen molar-refractivity contribution in [2.24, 2.45) is 5.92 Å². The molecule has 0 aromatic carbocycles. The summed E-state index contributed by atoms with van der Waals surface area (Å²) in [4.78, 5) is 0. The van der Waals surface area contributed by atoms with Crippen LogP contribution in [0, 0.1) is 5.92 Å². The van der Waals surface area contributed by atoms with E-state index in [1.165, 1.54) is 6.42 Å². The summed E-state index contributed by atoms with van der Waals surface area (Å²) < 4.78 is 0. The van der Waals surface area contributed by atoms with Crippen molar-refractivity contribution in [1.29, 1.82) is 0 Å². The molecule has 1 N–H and O–H groups in total. The van der Waals surface area contributed by atoms with Gasteiger partial charge in [-0.3, -0.25) is 5.43 Å². The Morgan fingerprint density at radius 2 is 2.50 bits per heavy atom. The number of hydrazine groups is 1. The molecule has 2 aliphatic rings. The average Bonchev–Trinajstić information content (AvgIpc) is 1.86. The fourth-order valence-electron chi connectivity index (χ4n) is 1.83. The Hall–Kier alpha value is -0.340. The zero-order chi connectivity index (χ0) is 6.97. The number of fused-ring (bicyclic) bond motifs is 2. The highest BCUT2D eigenvalue weighted by Crippen LogP contribution is 2.22. The molecule has 3 unspecified atom stereocenters. The van der Waals surface area contributed by atoms with Gasteiger partial charge in [0.2, 0.25) is 0 Å². The summed E-state index contributed by atoms with van der Waals surface area (Å²) in [6, 6.07) is 0.707. The molecular formula is C8H14N2. The minimum atomic E-state index is 0.707. The molecule has 2 rings (SSSR count). The van der Waals surface area contributed by atoms with E-state index in [0.29, 0.717) is 6.04 Å². The van der Waals surface area contributed by atoms with Crippen LogP contribution in [0.2, 0.25) is 0 Å². The molecule has 2 nitrogen and oxygen atoms in total. The van der Waals surface area contributed by atoms with Gasteiger partial charge < -0.3 is 0 Å². The van der Waals surface area contributed by atoms with Crippen LogP contribution >= 0.6 is 0 Å². The van der Waals surface area contributed by atoms with E-state index < -0.39 is 0 Å². The van der Waals surface area contributed by atoms with E-state index in [2.05, 4.69) is 29.5 Å². The third kappa shape index (κ3) is 0.879. The van der Waals surface area contributed by atoms with Crippen LogP contribution in [0.4, 0.5) is 0 Å². The van der Waals surface area contributed by atoms with Gasteiger partial charge in [-0.15, -0.1) is 0 Å². The van der Waals surface area contributed by atoms with Gasteiger partial charge >= 0.3 is 0 Å². The SMILES string of the molecule is CC1C2C=CCN1NCC2. The summed E-state index contributed by atoms with van der Waals surface area (Å²) in [7, 11) is 0. The van der Waals surface area contributed by atoms with E-state index in [1.807, 2.05) is 0 Å². The second-order valence-electron chi connectivity index (χ2n) is 3.18. The second-order valence-corrected chi connectivity index (χ2v) is 3.18. The maximum Gasteiger partial charge on any atom is 0.0315 e. The molecule has 0 spiro atoms. The van der Waals surface area contributed by atoms with Crippen molar-refractivity contribution in [2.75, 3.05) is 13.1 Å². The molecule has 1 saturated heterocycles. The van der Waals surface area contributed by atoms with Crippen LogP contribution in [-0.4, -0.2) is 24.1 Å². The van der Waals surface area contributed by atoms with Gasteiger partial charge in [0.15, 0.2) is 0 Å². The van der Waals surface area contributed by atoms with Crippen molar-refractivity contribution in [1.82, 2.24) is 10.4 Å². The normalized spacial score (nSPS) is 45.5. The van der Waals surface area contributed by atoms with E-state index >= 15 is 0 Å². The van der Waals surface area contributed by atoms with Crippen LogP contribution < -0.4 is 5.43 Å². The molecule has 2 aliphatic heterocycles. The Labute approximate surface area is 61.9 Å². The summed E-state index contributed by atoms with van der Waals surface area (Å²) in [5.74, 6) is 0.801. The number of hydrogen-bond donors (Lipinski definition) is 1. The minimum Gasteiger partial charge on any atom is -0.255 e. The van der Waals surface area contributed by atoms with E-state index in [1.54, 1.807) is 0 Å². The van der Waals surface area contributed by atoms with E-state index in [4.69, 9.17) is 0 Å². The molecule has 0 aromatic heterocycles. The molecular weight excluding hydrogens is 124 g/mol. The number of hydrogen-bond acceptors (Lipinski definition) is 2. The summed E-state index contributed by atoms with van der Waals surface area (Å²) in [6.07, 6.45) is 5.92. The highest BCUT2D eigenvalue weighted by molar-refractivity contribution is 5.02. The summed E-state index contributed by atoms with van der Waals surface area (Å²) in [5.41, 5.74) is 3.38. The first-order chi connectivity index (χ1) is 4.88. The molecule has 56 valence electrons. The van der Waals surface area contributed by atoms with Gasteiger partial charge in [0.05, 0.1) is 0 Å². The lowest BCUT2D eigenvalue weighted by molar-refractivity contribution is 0.0713. The van der Waals surface area contributed by atoms with Crippen LogP contribution in [-0.2, 0) is 0 Å². The Morgan fingerprint density at radius 1 is 1.60 bits per heavy atom. The number of rotatable bonds is 0. The lowest BCUT2D eigenvalue weighted by Crippen LogP contribution is -2.54. The van der Waals surface area contributed by atoms with Gasteiger partial charge in [0.1, 0.15) is 0 Å². The molecule has 0 amide bonds. The maximum absolute atomic E-state index is 3.38. The molecule has 0 radical (unpaired) electrons. The average molecular weight is 138 g/mol. The first-order valence-electron chi connectivity index (χ1n) is 4.05. The minimum absolute atomic E-state index is 0.707. The lowest BCUT2D eigenvalue weighted by atomic mass is 9.92. The Bertz CT molecular complexity index is 153. The monoisotopic (exact) mass is 138 g/mol. The van der Waals surface area contributed by atoms with E-state index in [-0.39, 0.29) is 0 Å². The standard InChI is InChI=1S/C8H14N2/c1-7-8-3-2-6-10(7)9-5-4-8/h2-3,7-9H,4-6H2,1H3.